The summed E-state index contributed by atoms with van der Waals surface area (Å²) in [5.74, 6) is 0.899. The van der Waals surface area contributed by atoms with Crippen LogP contribution in [0.3, 0.4) is 0 Å². The van der Waals surface area contributed by atoms with Crippen LogP contribution in [0.15, 0.2) is 54.9 Å². The molecule has 114 valence electrons. The van der Waals surface area contributed by atoms with Crippen molar-refractivity contribution in [2.45, 2.75) is 13.0 Å². The molecule has 0 radical (unpaired) electrons. The lowest BCUT2D eigenvalue weighted by Crippen LogP contribution is -2.06. The highest BCUT2D eigenvalue weighted by atomic mass is 35.5. The topological polar surface area (TPSA) is 41.6 Å². The van der Waals surface area contributed by atoms with Crippen molar-refractivity contribution < 1.29 is 0 Å². The van der Waals surface area contributed by atoms with E-state index in [1.807, 2.05) is 47.2 Å². The minimum absolute atomic E-state index is 0.605. The Morgan fingerprint density at radius 1 is 1.09 bits per heavy atom. The van der Waals surface area contributed by atoms with Crippen molar-refractivity contribution in [2.24, 2.45) is 0 Å². The quantitative estimate of drug-likeness (QED) is 0.690. The van der Waals surface area contributed by atoms with Crippen molar-refractivity contribution in [3.05, 3.63) is 87.4 Å². The van der Waals surface area contributed by atoms with E-state index >= 15 is 0 Å². The van der Waals surface area contributed by atoms with E-state index < -0.39 is 0 Å². The third-order valence-electron chi connectivity index (χ3n) is 3.56. The third kappa shape index (κ3) is 3.73. The Morgan fingerprint density at radius 2 is 1.83 bits per heavy atom. The Hall–Kier alpha value is -2.28. The number of imidazole rings is 1. The van der Waals surface area contributed by atoms with E-state index in [2.05, 4.69) is 11.1 Å². The highest BCUT2D eigenvalue weighted by molar-refractivity contribution is 6.34. The zero-order valence-corrected chi connectivity index (χ0v) is 13.7. The molecule has 1 aromatic heterocycles. The van der Waals surface area contributed by atoms with Gasteiger partial charge in [-0.05, 0) is 35.4 Å². The highest BCUT2D eigenvalue weighted by Gasteiger charge is 2.08. The summed E-state index contributed by atoms with van der Waals surface area (Å²) in [6, 6.07) is 15.3. The van der Waals surface area contributed by atoms with Gasteiger partial charge in [0.2, 0.25) is 0 Å². The molecule has 0 spiro atoms. The smallest absolute Gasteiger partial charge is 0.113 e. The van der Waals surface area contributed by atoms with Crippen LogP contribution in [-0.2, 0) is 13.0 Å². The molecule has 23 heavy (non-hydrogen) atoms. The zero-order chi connectivity index (χ0) is 16.2. The Kier molecular flexibility index (Phi) is 4.66. The van der Waals surface area contributed by atoms with Gasteiger partial charge in [-0.2, -0.15) is 5.26 Å². The van der Waals surface area contributed by atoms with Crippen LogP contribution in [0.4, 0.5) is 0 Å². The van der Waals surface area contributed by atoms with Crippen molar-refractivity contribution in [3.8, 4) is 6.07 Å². The summed E-state index contributed by atoms with van der Waals surface area (Å²) in [5, 5.41) is 10.4. The molecular weight excluding hydrogens is 329 g/mol. The van der Waals surface area contributed by atoms with Gasteiger partial charge in [-0.1, -0.05) is 41.4 Å². The van der Waals surface area contributed by atoms with E-state index in [1.54, 1.807) is 12.3 Å². The molecule has 0 fully saturated rings. The molecule has 0 saturated heterocycles. The van der Waals surface area contributed by atoms with Crippen molar-refractivity contribution in [1.29, 1.82) is 5.26 Å². The van der Waals surface area contributed by atoms with Gasteiger partial charge in [-0.25, -0.2) is 4.98 Å². The maximum absolute atomic E-state index is 9.21. The molecular formula is C18H13Cl2N3. The first-order chi connectivity index (χ1) is 11.2. The summed E-state index contributed by atoms with van der Waals surface area (Å²) in [6.07, 6.45) is 4.30. The van der Waals surface area contributed by atoms with Gasteiger partial charge in [0, 0.05) is 28.9 Å². The highest BCUT2D eigenvalue weighted by Crippen LogP contribution is 2.21. The Bertz CT molecular complexity index is 858. The number of nitrogens with zero attached hydrogens (tertiary/aromatic N) is 3. The Morgan fingerprint density at radius 3 is 2.57 bits per heavy atom. The van der Waals surface area contributed by atoms with E-state index in [0.717, 1.165) is 17.0 Å². The lowest BCUT2D eigenvalue weighted by molar-refractivity contribution is 0.739. The molecule has 0 saturated carbocycles. The van der Waals surface area contributed by atoms with Crippen molar-refractivity contribution in [1.82, 2.24) is 9.55 Å². The van der Waals surface area contributed by atoms with E-state index in [4.69, 9.17) is 23.2 Å². The molecule has 3 aromatic rings. The second-order valence-corrected chi connectivity index (χ2v) is 6.07. The van der Waals surface area contributed by atoms with Gasteiger partial charge in [0.15, 0.2) is 0 Å². The molecule has 3 nitrogen and oxygen atoms in total. The summed E-state index contributed by atoms with van der Waals surface area (Å²) >= 11 is 12.1. The van der Waals surface area contributed by atoms with Crippen LogP contribution in [0.25, 0.3) is 0 Å². The lowest BCUT2D eigenvalue weighted by atomic mass is 10.1. The summed E-state index contributed by atoms with van der Waals surface area (Å²) in [4.78, 5) is 4.42. The zero-order valence-electron chi connectivity index (χ0n) is 12.2. The average molecular weight is 342 g/mol. The van der Waals surface area contributed by atoms with Crippen LogP contribution in [0.2, 0.25) is 10.0 Å². The second kappa shape index (κ2) is 6.87. The fourth-order valence-electron chi connectivity index (χ4n) is 2.50. The lowest BCUT2D eigenvalue weighted by Gasteiger charge is -2.10. The molecule has 0 aliphatic carbocycles. The molecule has 0 aliphatic heterocycles. The maximum Gasteiger partial charge on any atom is 0.113 e. The van der Waals surface area contributed by atoms with Gasteiger partial charge in [-0.15, -0.1) is 0 Å². The van der Waals surface area contributed by atoms with E-state index in [9.17, 15) is 5.26 Å². The van der Waals surface area contributed by atoms with Gasteiger partial charge < -0.3 is 4.57 Å². The molecule has 0 aliphatic rings. The van der Waals surface area contributed by atoms with Gasteiger partial charge in [0.25, 0.3) is 0 Å². The number of hydrogen-bond acceptors (Lipinski definition) is 2. The van der Waals surface area contributed by atoms with Gasteiger partial charge in [0.1, 0.15) is 5.82 Å². The molecule has 5 heteroatoms. The second-order valence-electron chi connectivity index (χ2n) is 5.19. The molecule has 0 bridgehead atoms. The van der Waals surface area contributed by atoms with Crippen LogP contribution in [0, 0.1) is 11.3 Å². The van der Waals surface area contributed by atoms with Crippen LogP contribution in [0.5, 0.6) is 0 Å². The average Bonchev–Trinajstić information content (AvgIpc) is 2.94. The number of benzene rings is 2. The minimum Gasteiger partial charge on any atom is -0.330 e. The molecule has 1 heterocycles. The number of nitriles is 1. The van der Waals surface area contributed by atoms with E-state index in [-0.39, 0.29) is 0 Å². The number of hydrogen-bond donors (Lipinski definition) is 0. The molecule has 3 rings (SSSR count). The SMILES string of the molecule is N#Cc1ccccc1Cn1ccnc1Cc1cc(Cl)cc(Cl)c1. The monoisotopic (exact) mass is 341 g/mol. The van der Waals surface area contributed by atoms with Crippen LogP contribution >= 0.6 is 23.2 Å². The Labute approximate surface area is 144 Å². The standard InChI is InChI=1S/C18H13Cl2N3/c19-16-7-13(8-17(20)10-16)9-18-22-5-6-23(18)12-15-4-2-1-3-14(15)11-21/h1-8,10H,9,12H2. The molecule has 0 N–H and O–H groups in total. The predicted molar refractivity (Wildman–Crippen MR) is 91.8 cm³/mol. The van der Waals surface area contributed by atoms with E-state index in [0.29, 0.717) is 28.6 Å². The molecule has 2 aromatic carbocycles. The normalized spacial score (nSPS) is 10.5. The van der Waals surface area contributed by atoms with Gasteiger partial charge in [0.05, 0.1) is 18.2 Å². The minimum atomic E-state index is 0.605. The van der Waals surface area contributed by atoms with Crippen molar-refractivity contribution in [2.75, 3.05) is 0 Å². The first kappa shape index (κ1) is 15.6. The summed E-state index contributed by atoms with van der Waals surface area (Å²) < 4.78 is 2.03. The van der Waals surface area contributed by atoms with Crippen LogP contribution in [-0.4, -0.2) is 9.55 Å². The molecule has 0 atom stereocenters. The summed E-state index contributed by atoms with van der Waals surface area (Å²) in [5.41, 5.74) is 2.65. The molecule has 0 unspecified atom stereocenters. The van der Waals surface area contributed by atoms with Gasteiger partial charge in [-0.3, -0.25) is 0 Å². The predicted octanol–water partition coefficient (Wildman–Crippen LogP) is 4.70. The van der Waals surface area contributed by atoms with Crippen LogP contribution < -0.4 is 0 Å². The van der Waals surface area contributed by atoms with Crippen molar-refractivity contribution in [3.63, 3.8) is 0 Å². The first-order valence-electron chi connectivity index (χ1n) is 7.08. The third-order valence-corrected chi connectivity index (χ3v) is 4.00. The van der Waals surface area contributed by atoms with Crippen molar-refractivity contribution >= 4 is 23.2 Å². The summed E-state index contributed by atoms with van der Waals surface area (Å²) in [7, 11) is 0. The van der Waals surface area contributed by atoms with Crippen LogP contribution in [0.1, 0.15) is 22.5 Å². The maximum atomic E-state index is 9.21. The van der Waals surface area contributed by atoms with Gasteiger partial charge >= 0.3 is 0 Å². The number of halogens is 2. The first-order valence-corrected chi connectivity index (χ1v) is 7.84. The fourth-order valence-corrected chi connectivity index (χ4v) is 3.07. The molecule has 0 amide bonds. The largest absolute Gasteiger partial charge is 0.330 e. The fraction of sp³-hybridized carbons (Fsp3) is 0.111. The summed E-state index contributed by atoms with van der Waals surface area (Å²) in [6.45, 7) is 0.605. The van der Waals surface area contributed by atoms with E-state index in [1.165, 1.54) is 0 Å². The number of aromatic nitrogens is 2. The number of rotatable bonds is 4. The Balaban J connectivity index is 1.87.